The predicted molar refractivity (Wildman–Crippen MR) is 133 cm³/mol. The summed E-state index contributed by atoms with van der Waals surface area (Å²) in [5, 5.41) is 3.07. The van der Waals surface area contributed by atoms with E-state index in [1.54, 1.807) is 24.3 Å². The van der Waals surface area contributed by atoms with Gasteiger partial charge in [0.1, 0.15) is 0 Å². The van der Waals surface area contributed by atoms with E-state index in [4.69, 9.17) is 0 Å². The Bertz CT molecular complexity index is 1240. The fourth-order valence-corrected chi connectivity index (χ4v) is 5.29. The quantitative estimate of drug-likeness (QED) is 0.536. The number of carbonyl (C=O) groups excluding carboxylic acids is 1. The Kier molecular flexibility index (Phi) is 6.84. The second-order valence-corrected chi connectivity index (χ2v) is 10.6. The molecule has 0 radical (unpaired) electrons. The van der Waals surface area contributed by atoms with Crippen LogP contribution in [0.1, 0.15) is 58.4 Å². The molecule has 1 atom stereocenters. The highest BCUT2D eigenvalue weighted by atomic mass is 32.2. The average Bonchev–Trinajstić information content (AvgIpc) is 2.82. The maximum atomic E-state index is 13.3. The number of para-hydroxylation sites is 1. The van der Waals surface area contributed by atoms with Crippen molar-refractivity contribution in [3.8, 4) is 0 Å². The van der Waals surface area contributed by atoms with Crippen LogP contribution >= 0.6 is 0 Å². The second-order valence-electron chi connectivity index (χ2n) is 8.70. The zero-order valence-electron chi connectivity index (χ0n) is 19.1. The van der Waals surface area contributed by atoms with E-state index in [0.717, 1.165) is 24.0 Å². The predicted octanol–water partition coefficient (Wildman–Crippen LogP) is 5.02. The molecule has 3 aromatic carbocycles. The molecule has 33 heavy (non-hydrogen) atoms. The van der Waals surface area contributed by atoms with Crippen molar-refractivity contribution in [2.45, 2.75) is 45.2 Å². The number of nitrogens with zero attached hydrogens (tertiary/aromatic N) is 1. The molecule has 1 aliphatic rings. The summed E-state index contributed by atoms with van der Waals surface area (Å²) in [7, 11) is -3.61. The highest BCUT2D eigenvalue weighted by molar-refractivity contribution is 7.92. The molecule has 1 aliphatic carbocycles. The normalized spacial score (nSPS) is 14.2. The van der Waals surface area contributed by atoms with E-state index in [2.05, 4.69) is 23.5 Å². The minimum atomic E-state index is -3.61. The minimum absolute atomic E-state index is 0.157. The molecule has 0 heterocycles. The van der Waals surface area contributed by atoms with Crippen molar-refractivity contribution in [3.05, 3.63) is 101 Å². The highest BCUT2D eigenvalue weighted by Gasteiger charge is 2.24. The van der Waals surface area contributed by atoms with Crippen LogP contribution in [-0.2, 0) is 29.4 Å². The van der Waals surface area contributed by atoms with Crippen LogP contribution in [0.5, 0.6) is 0 Å². The van der Waals surface area contributed by atoms with Gasteiger partial charge in [-0.15, -0.1) is 0 Å². The molecule has 5 nitrogen and oxygen atoms in total. The number of hydrogen-bond donors (Lipinski definition) is 1. The van der Waals surface area contributed by atoms with Crippen LogP contribution in [0.25, 0.3) is 0 Å². The summed E-state index contributed by atoms with van der Waals surface area (Å²) in [5.41, 5.74) is 5.39. The highest BCUT2D eigenvalue weighted by Crippen LogP contribution is 2.27. The van der Waals surface area contributed by atoms with Crippen molar-refractivity contribution in [2.24, 2.45) is 0 Å². The minimum Gasteiger partial charge on any atom is -0.345 e. The number of rotatable bonds is 7. The van der Waals surface area contributed by atoms with Gasteiger partial charge in [-0.1, -0.05) is 60.7 Å². The molecule has 0 saturated carbocycles. The summed E-state index contributed by atoms with van der Waals surface area (Å²) < 4.78 is 26.7. The lowest BCUT2D eigenvalue weighted by Crippen LogP contribution is -2.33. The van der Waals surface area contributed by atoms with Gasteiger partial charge in [-0.25, -0.2) is 8.42 Å². The Balaban J connectivity index is 1.60. The molecule has 6 heteroatoms. The van der Waals surface area contributed by atoms with Gasteiger partial charge in [0.15, 0.2) is 0 Å². The van der Waals surface area contributed by atoms with E-state index in [9.17, 15) is 13.2 Å². The Hall–Kier alpha value is -3.12. The fraction of sp³-hybridized carbons (Fsp3) is 0.296. The molecule has 0 aliphatic heterocycles. The zero-order chi connectivity index (χ0) is 23.4. The average molecular weight is 463 g/mol. The summed E-state index contributed by atoms with van der Waals surface area (Å²) in [4.78, 5) is 13.3. The van der Waals surface area contributed by atoms with Gasteiger partial charge < -0.3 is 5.32 Å². The molecule has 3 aromatic rings. The van der Waals surface area contributed by atoms with Gasteiger partial charge in [0.05, 0.1) is 30.1 Å². The summed E-state index contributed by atoms with van der Waals surface area (Å²) in [6.45, 7) is 2.12. The Morgan fingerprint density at radius 1 is 0.939 bits per heavy atom. The van der Waals surface area contributed by atoms with Crippen molar-refractivity contribution >= 4 is 21.6 Å². The molecule has 0 spiro atoms. The Morgan fingerprint density at radius 3 is 2.33 bits per heavy atom. The molecule has 0 saturated heterocycles. The summed E-state index contributed by atoms with van der Waals surface area (Å²) >= 11 is 0. The number of amides is 1. The third-order valence-electron chi connectivity index (χ3n) is 6.21. The third kappa shape index (κ3) is 5.45. The van der Waals surface area contributed by atoms with Crippen LogP contribution < -0.4 is 9.62 Å². The van der Waals surface area contributed by atoms with E-state index in [1.165, 1.54) is 34.5 Å². The van der Waals surface area contributed by atoms with Gasteiger partial charge in [-0.05, 0) is 67.0 Å². The van der Waals surface area contributed by atoms with E-state index < -0.39 is 10.0 Å². The Labute approximate surface area is 196 Å². The lowest BCUT2D eigenvalue weighted by Gasteiger charge is -2.25. The molecule has 0 fully saturated rings. The van der Waals surface area contributed by atoms with Gasteiger partial charge in [0.2, 0.25) is 10.0 Å². The number of carbonyl (C=O) groups is 1. The van der Waals surface area contributed by atoms with Gasteiger partial charge in [0, 0.05) is 0 Å². The van der Waals surface area contributed by atoms with Crippen LogP contribution in [0, 0.1) is 0 Å². The molecule has 0 unspecified atom stereocenters. The number of benzene rings is 3. The first kappa shape index (κ1) is 23.1. The number of hydrogen-bond acceptors (Lipinski definition) is 3. The van der Waals surface area contributed by atoms with Gasteiger partial charge in [-0.3, -0.25) is 9.10 Å². The molecule has 1 N–H and O–H groups in total. The second kappa shape index (κ2) is 9.79. The van der Waals surface area contributed by atoms with Crippen LogP contribution in [-0.4, -0.2) is 20.6 Å². The summed E-state index contributed by atoms with van der Waals surface area (Å²) in [6, 6.07) is 22.5. The first-order valence-corrected chi connectivity index (χ1v) is 13.2. The third-order valence-corrected chi connectivity index (χ3v) is 7.33. The topological polar surface area (TPSA) is 66.5 Å². The van der Waals surface area contributed by atoms with Crippen molar-refractivity contribution in [1.29, 1.82) is 0 Å². The van der Waals surface area contributed by atoms with Crippen molar-refractivity contribution < 1.29 is 13.2 Å². The Morgan fingerprint density at radius 2 is 1.61 bits per heavy atom. The van der Waals surface area contributed by atoms with Gasteiger partial charge >= 0.3 is 0 Å². The first-order valence-electron chi connectivity index (χ1n) is 11.4. The molecule has 0 aromatic heterocycles. The lowest BCUT2D eigenvalue weighted by molar-refractivity contribution is 0.0940. The summed E-state index contributed by atoms with van der Waals surface area (Å²) in [6.07, 6.45) is 5.80. The van der Waals surface area contributed by atoms with Gasteiger partial charge in [0.25, 0.3) is 5.91 Å². The number of aryl methyl sites for hydroxylation is 2. The molecule has 172 valence electrons. The standard InChI is InChI=1S/C27H30N2O3S/c1-20(23-17-16-22-12-6-7-13-24(22)18-23)28-27(30)25-14-8-9-15-26(25)29(33(2,31)32)19-21-10-4-3-5-11-21/h3-5,8-11,14-18,20H,6-7,12-13,19H2,1-2H3,(H,28,30)/t20-/m0/s1. The lowest BCUT2D eigenvalue weighted by atomic mass is 9.89. The number of fused-ring (bicyclic) bond motifs is 1. The van der Waals surface area contributed by atoms with Crippen molar-refractivity contribution in [3.63, 3.8) is 0 Å². The van der Waals surface area contributed by atoms with E-state index in [1.807, 2.05) is 37.3 Å². The fourth-order valence-electron chi connectivity index (χ4n) is 4.39. The molecule has 1 amide bonds. The van der Waals surface area contributed by atoms with Crippen molar-refractivity contribution in [2.75, 3.05) is 10.6 Å². The maximum Gasteiger partial charge on any atom is 0.253 e. The van der Waals surface area contributed by atoms with Crippen LogP contribution in [0.3, 0.4) is 0 Å². The number of nitrogens with one attached hydrogen (secondary N) is 1. The molecule has 0 bridgehead atoms. The van der Waals surface area contributed by atoms with Crippen molar-refractivity contribution in [1.82, 2.24) is 5.32 Å². The van der Waals surface area contributed by atoms with Crippen LogP contribution in [0.4, 0.5) is 5.69 Å². The first-order chi connectivity index (χ1) is 15.8. The molecular weight excluding hydrogens is 432 g/mol. The summed E-state index contributed by atoms with van der Waals surface area (Å²) in [5.74, 6) is -0.294. The van der Waals surface area contributed by atoms with Crippen LogP contribution in [0.2, 0.25) is 0 Å². The largest absolute Gasteiger partial charge is 0.345 e. The zero-order valence-corrected chi connectivity index (χ0v) is 19.9. The molecular formula is C27H30N2O3S. The van der Waals surface area contributed by atoms with E-state index in [0.29, 0.717) is 11.3 Å². The van der Waals surface area contributed by atoms with Crippen LogP contribution in [0.15, 0.2) is 72.8 Å². The SMILES string of the molecule is C[C@H](NC(=O)c1ccccc1N(Cc1ccccc1)S(C)(=O)=O)c1ccc2c(c1)CCCC2. The smallest absolute Gasteiger partial charge is 0.253 e. The van der Waals surface area contributed by atoms with E-state index >= 15 is 0 Å². The van der Waals surface area contributed by atoms with E-state index in [-0.39, 0.29) is 18.5 Å². The number of anilines is 1. The maximum absolute atomic E-state index is 13.3. The molecule has 4 rings (SSSR count). The number of sulfonamides is 1. The monoisotopic (exact) mass is 462 g/mol. The van der Waals surface area contributed by atoms with Gasteiger partial charge in [-0.2, -0.15) is 0 Å².